The van der Waals surface area contributed by atoms with E-state index in [1.165, 1.54) is 16.2 Å². The minimum atomic E-state index is 0.345. The summed E-state index contributed by atoms with van der Waals surface area (Å²) in [6.45, 7) is 9.02. The van der Waals surface area contributed by atoms with Crippen molar-refractivity contribution >= 4 is 27.3 Å². The maximum Gasteiger partial charge on any atom is 0.0540 e. The molecule has 13 heavy (non-hydrogen) atoms. The highest BCUT2D eigenvalue weighted by molar-refractivity contribution is 9.09. The molecule has 1 aromatic rings. The van der Waals surface area contributed by atoms with E-state index >= 15 is 0 Å². The second-order valence-electron chi connectivity index (χ2n) is 4.15. The molecule has 0 aliphatic heterocycles. The van der Waals surface area contributed by atoms with Crippen LogP contribution < -0.4 is 0 Å². The van der Waals surface area contributed by atoms with Crippen LogP contribution in [0.4, 0.5) is 0 Å². The second-order valence-corrected chi connectivity index (χ2v) is 6.39. The Labute approximate surface area is 93.5 Å². The van der Waals surface area contributed by atoms with Crippen molar-refractivity contribution in [1.82, 2.24) is 0 Å². The van der Waals surface area contributed by atoms with Crippen molar-refractivity contribution in [2.24, 2.45) is 5.41 Å². The molecule has 1 aromatic heterocycles. The van der Waals surface area contributed by atoms with Gasteiger partial charge in [0, 0.05) is 9.75 Å². The molecule has 0 radical (unpaired) electrons. The molecule has 2 heteroatoms. The first-order valence-electron chi connectivity index (χ1n) is 4.68. The van der Waals surface area contributed by atoms with Gasteiger partial charge in [0.1, 0.15) is 0 Å². The Hall–Kier alpha value is 0.180. The summed E-state index contributed by atoms with van der Waals surface area (Å²) in [4.78, 5) is 3.33. The van der Waals surface area contributed by atoms with Gasteiger partial charge in [0.2, 0.25) is 0 Å². The zero-order valence-corrected chi connectivity index (χ0v) is 11.1. The highest BCUT2D eigenvalue weighted by atomic mass is 79.9. The average Bonchev–Trinajstić information content (AvgIpc) is 2.50. The largest absolute Gasteiger partial charge is 0.145 e. The molecule has 0 amide bonds. The van der Waals surface area contributed by atoms with Crippen molar-refractivity contribution in [2.45, 2.75) is 38.9 Å². The van der Waals surface area contributed by atoms with Crippen LogP contribution in [0.1, 0.15) is 41.8 Å². The van der Waals surface area contributed by atoms with E-state index < -0.39 is 0 Å². The Bertz CT molecular complexity index is 275. The van der Waals surface area contributed by atoms with Crippen LogP contribution in [-0.2, 0) is 0 Å². The maximum absolute atomic E-state index is 3.79. The van der Waals surface area contributed by atoms with Crippen LogP contribution in [0.3, 0.4) is 0 Å². The molecule has 0 saturated carbocycles. The molecule has 1 atom stereocenters. The molecular weight excluding hydrogens is 244 g/mol. The zero-order chi connectivity index (χ0) is 10.1. The van der Waals surface area contributed by atoms with E-state index in [4.69, 9.17) is 0 Å². The number of hydrogen-bond acceptors (Lipinski definition) is 1. The quantitative estimate of drug-likeness (QED) is 0.677. The molecule has 1 unspecified atom stereocenters. The van der Waals surface area contributed by atoms with E-state index in [2.05, 4.69) is 55.8 Å². The van der Waals surface area contributed by atoms with Gasteiger partial charge >= 0.3 is 0 Å². The molecule has 1 heterocycles. The molecule has 0 saturated heterocycles. The van der Waals surface area contributed by atoms with Crippen LogP contribution in [-0.4, -0.2) is 0 Å². The van der Waals surface area contributed by atoms with Gasteiger partial charge in [0.05, 0.1) is 4.83 Å². The van der Waals surface area contributed by atoms with E-state index in [0.29, 0.717) is 10.2 Å². The van der Waals surface area contributed by atoms with Crippen LogP contribution in [0.25, 0.3) is 0 Å². The lowest BCUT2D eigenvalue weighted by molar-refractivity contribution is 0.348. The number of halogens is 1. The van der Waals surface area contributed by atoms with Crippen molar-refractivity contribution in [2.75, 3.05) is 0 Å². The predicted octanol–water partition coefficient (Wildman–Crippen LogP) is 4.93. The van der Waals surface area contributed by atoms with Crippen LogP contribution in [0.5, 0.6) is 0 Å². The summed E-state index contributed by atoms with van der Waals surface area (Å²) in [5, 5.41) is 0. The maximum atomic E-state index is 3.79. The summed E-state index contributed by atoms with van der Waals surface area (Å²) in [6, 6.07) is 4.43. The van der Waals surface area contributed by atoms with Gasteiger partial charge < -0.3 is 0 Å². The average molecular weight is 261 g/mol. The van der Waals surface area contributed by atoms with Gasteiger partial charge in [-0.1, -0.05) is 36.7 Å². The monoisotopic (exact) mass is 260 g/mol. The SMILES string of the molecule is CCC(C)(C)C(Br)c1ccc(C)s1. The topological polar surface area (TPSA) is 0 Å². The first kappa shape index (κ1) is 11.3. The lowest BCUT2D eigenvalue weighted by atomic mass is 9.86. The minimum absolute atomic E-state index is 0.345. The van der Waals surface area contributed by atoms with E-state index in [9.17, 15) is 0 Å². The van der Waals surface area contributed by atoms with Crippen LogP contribution in [0.15, 0.2) is 12.1 Å². The molecule has 0 N–H and O–H groups in total. The highest BCUT2D eigenvalue weighted by Gasteiger charge is 2.27. The predicted molar refractivity (Wildman–Crippen MR) is 64.8 cm³/mol. The van der Waals surface area contributed by atoms with Crippen molar-refractivity contribution in [3.05, 3.63) is 21.9 Å². The summed E-state index contributed by atoms with van der Waals surface area (Å²) < 4.78 is 0. The van der Waals surface area contributed by atoms with Crippen LogP contribution in [0.2, 0.25) is 0 Å². The lowest BCUT2D eigenvalue weighted by Crippen LogP contribution is -2.15. The van der Waals surface area contributed by atoms with Gasteiger partial charge in [0.25, 0.3) is 0 Å². The summed E-state index contributed by atoms with van der Waals surface area (Å²) in [7, 11) is 0. The molecule has 0 aliphatic carbocycles. The summed E-state index contributed by atoms with van der Waals surface area (Å²) in [5.74, 6) is 0. The Balaban J connectivity index is 2.84. The second kappa shape index (κ2) is 4.14. The van der Waals surface area contributed by atoms with Gasteiger partial charge in [0.15, 0.2) is 0 Å². The van der Waals surface area contributed by atoms with Crippen LogP contribution in [0, 0.1) is 12.3 Å². The van der Waals surface area contributed by atoms with Crippen molar-refractivity contribution in [1.29, 1.82) is 0 Å². The van der Waals surface area contributed by atoms with Gasteiger partial charge in [-0.15, -0.1) is 11.3 Å². The third-order valence-electron chi connectivity index (χ3n) is 2.61. The molecule has 0 bridgehead atoms. The molecular formula is C11H17BrS. The molecule has 74 valence electrons. The normalized spacial score (nSPS) is 14.5. The smallest absolute Gasteiger partial charge is 0.0540 e. The summed E-state index contributed by atoms with van der Waals surface area (Å²) in [6.07, 6.45) is 1.19. The molecule has 0 fully saturated rings. The van der Waals surface area contributed by atoms with E-state index in [0.717, 1.165) is 0 Å². The van der Waals surface area contributed by atoms with Crippen molar-refractivity contribution in [3.63, 3.8) is 0 Å². The minimum Gasteiger partial charge on any atom is -0.145 e. The van der Waals surface area contributed by atoms with Gasteiger partial charge in [-0.25, -0.2) is 0 Å². The van der Waals surface area contributed by atoms with E-state index in [-0.39, 0.29) is 0 Å². The Morgan fingerprint density at radius 1 is 1.46 bits per heavy atom. The number of rotatable bonds is 3. The summed E-state index contributed by atoms with van der Waals surface area (Å²) >= 11 is 5.68. The number of aryl methyl sites for hydroxylation is 1. The van der Waals surface area contributed by atoms with Gasteiger partial charge in [-0.2, -0.15) is 0 Å². The van der Waals surface area contributed by atoms with Crippen molar-refractivity contribution < 1.29 is 0 Å². The molecule has 0 spiro atoms. The third kappa shape index (κ3) is 2.57. The highest BCUT2D eigenvalue weighted by Crippen LogP contribution is 2.44. The molecule has 1 rings (SSSR count). The Morgan fingerprint density at radius 3 is 2.46 bits per heavy atom. The fourth-order valence-electron chi connectivity index (χ4n) is 1.15. The number of alkyl halides is 1. The first-order chi connectivity index (χ1) is 5.97. The molecule has 0 aliphatic rings. The lowest BCUT2D eigenvalue weighted by Gasteiger charge is -2.28. The number of thiophene rings is 1. The molecule has 0 nitrogen and oxygen atoms in total. The van der Waals surface area contributed by atoms with Crippen LogP contribution >= 0.6 is 27.3 Å². The molecule has 0 aromatic carbocycles. The van der Waals surface area contributed by atoms with Gasteiger partial charge in [-0.3, -0.25) is 0 Å². The first-order valence-corrected chi connectivity index (χ1v) is 6.41. The Kier molecular flexibility index (Phi) is 3.58. The van der Waals surface area contributed by atoms with Crippen molar-refractivity contribution in [3.8, 4) is 0 Å². The number of hydrogen-bond donors (Lipinski definition) is 0. The van der Waals surface area contributed by atoms with E-state index in [1.807, 2.05) is 11.3 Å². The third-order valence-corrected chi connectivity index (χ3v) is 5.71. The van der Waals surface area contributed by atoms with Gasteiger partial charge in [-0.05, 0) is 30.9 Å². The zero-order valence-electron chi connectivity index (χ0n) is 8.73. The van der Waals surface area contributed by atoms with E-state index in [1.54, 1.807) is 0 Å². The summed E-state index contributed by atoms with van der Waals surface area (Å²) in [5.41, 5.74) is 0.345. The fraction of sp³-hybridized carbons (Fsp3) is 0.636. The standard InChI is InChI=1S/C11H17BrS/c1-5-11(3,4)10(12)9-7-6-8(2)13-9/h6-7,10H,5H2,1-4H3. The fourth-order valence-corrected chi connectivity index (χ4v) is 2.98. The Morgan fingerprint density at radius 2 is 2.08 bits per heavy atom.